The second kappa shape index (κ2) is 10.1. The number of nitrogens with zero attached hydrogens (tertiary/aromatic N) is 2. The first-order valence-electron chi connectivity index (χ1n) is 8.10. The molecule has 1 aliphatic rings. The molecule has 1 aromatic rings. The van der Waals surface area contributed by atoms with Gasteiger partial charge in [-0.2, -0.15) is 13.2 Å². The quantitative estimate of drug-likeness (QED) is 0.285. The Hall–Kier alpha value is -1.33. The molecule has 148 valence electrons. The number of para-hydroxylation sites is 1. The van der Waals surface area contributed by atoms with E-state index in [9.17, 15) is 22.0 Å². The van der Waals surface area contributed by atoms with E-state index in [1.165, 1.54) is 18.2 Å². The molecule has 0 spiro atoms. The van der Waals surface area contributed by atoms with Crippen LogP contribution in [0.2, 0.25) is 0 Å². The third-order valence-corrected chi connectivity index (χ3v) is 3.79. The van der Waals surface area contributed by atoms with Crippen molar-refractivity contribution < 1.29 is 22.0 Å². The van der Waals surface area contributed by atoms with Gasteiger partial charge in [0.05, 0.1) is 13.0 Å². The van der Waals surface area contributed by atoms with E-state index in [1.54, 1.807) is 11.8 Å². The molecule has 1 heterocycles. The van der Waals surface area contributed by atoms with Crippen molar-refractivity contribution in [1.82, 2.24) is 10.6 Å². The van der Waals surface area contributed by atoms with Gasteiger partial charge in [0.2, 0.25) is 0 Å². The first-order chi connectivity index (χ1) is 11.8. The number of alkyl halides is 3. The van der Waals surface area contributed by atoms with E-state index in [0.29, 0.717) is 26.1 Å². The van der Waals surface area contributed by atoms with E-state index in [2.05, 4.69) is 15.6 Å². The number of aliphatic imine (C=N–C) groups is 1. The first-order valence-corrected chi connectivity index (χ1v) is 8.10. The fraction of sp³-hybridized carbons (Fsp3) is 0.562. The number of anilines is 1. The van der Waals surface area contributed by atoms with E-state index >= 15 is 0 Å². The van der Waals surface area contributed by atoms with Crippen molar-refractivity contribution in [1.29, 1.82) is 0 Å². The summed E-state index contributed by atoms with van der Waals surface area (Å²) in [6.07, 6.45) is -4.66. The van der Waals surface area contributed by atoms with E-state index in [4.69, 9.17) is 0 Å². The molecule has 10 heteroatoms. The largest absolute Gasteiger partial charge is 0.390 e. The molecule has 4 nitrogen and oxygen atoms in total. The molecule has 1 aliphatic heterocycles. The zero-order valence-electron chi connectivity index (χ0n) is 14.2. The van der Waals surface area contributed by atoms with Gasteiger partial charge in [-0.15, -0.1) is 24.0 Å². The zero-order valence-corrected chi connectivity index (χ0v) is 16.6. The van der Waals surface area contributed by atoms with Gasteiger partial charge < -0.3 is 15.5 Å². The van der Waals surface area contributed by atoms with Gasteiger partial charge in [-0.05, 0) is 25.5 Å². The molecule has 0 saturated carbocycles. The van der Waals surface area contributed by atoms with Crippen LogP contribution in [0.1, 0.15) is 19.8 Å². The van der Waals surface area contributed by atoms with Crippen LogP contribution in [0, 0.1) is 11.6 Å². The van der Waals surface area contributed by atoms with Gasteiger partial charge >= 0.3 is 6.18 Å². The Labute approximate surface area is 166 Å². The van der Waals surface area contributed by atoms with Crippen LogP contribution in [-0.2, 0) is 0 Å². The van der Waals surface area contributed by atoms with Gasteiger partial charge in [-0.25, -0.2) is 8.78 Å². The third-order valence-electron chi connectivity index (χ3n) is 3.79. The molecule has 26 heavy (non-hydrogen) atoms. The lowest BCUT2D eigenvalue weighted by Gasteiger charge is -2.21. The molecule has 0 radical (unpaired) electrons. The van der Waals surface area contributed by atoms with Gasteiger partial charge in [0.1, 0.15) is 17.3 Å². The summed E-state index contributed by atoms with van der Waals surface area (Å²) in [7, 11) is 0. The molecule has 1 saturated heterocycles. The van der Waals surface area contributed by atoms with Gasteiger partial charge in [0, 0.05) is 25.7 Å². The van der Waals surface area contributed by atoms with Crippen molar-refractivity contribution in [3.8, 4) is 0 Å². The topological polar surface area (TPSA) is 39.7 Å². The van der Waals surface area contributed by atoms with Crippen molar-refractivity contribution in [3.05, 3.63) is 29.8 Å². The van der Waals surface area contributed by atoms with Crippen LogP contribution >= 0.6 is 24.0 Å². The van der Waals surface area contributed by atoms with Crippen LogP contribution in [0.3, 0.4) is 0 Å². The summed E-state index contributed by atoms with van der Waals surface area (Å²) in [6, 6.07) is 3.53. The minimum atomic E-state index is -4.26. The second-order valence-corrected chi connectivity index (χ2v) is 5.77. The maximum Gasteiger partial charge on any atom is 0.390 e. The lowest BCUT2D eigenvalue weighted by atomic mass is 10.2. The molecular formula is C16H22F5IN4. The van der Waals surface area contributed by atoms with Gasteiger partial charge in [-0.1, -0.05) is 6.07 Å². The fourth-order valence-electron chi connectivity index (χ4n) is 2.68. The third kappa shape index (κ3) is 6.76. The number of benzene rings is 1. The molecule has 1 fully saturated rings. The molecule has 1 unspecified atom stereocenters. The molecule has 2 N–H and O–H groups in total. The van der Waals surface area contributed by atoms with Crippen LogP contribution in [-0.4, -0.2) is 44.4 Å². The number of hydrogen-bond donors (Lipinski definition) is 2. The average molecular weight is 492 g/mol. The van der Waals surface area contributed by atoms with Crippen molar-refractivity contribution in [2.24, 2.45) is 4.99 Å². The standard InChI is InChI=1S/C16H21F5N4.HI/c1-2-22-15(23-8-7-16(19,20)21)24-11-6-9-25(10-11)14-12(17)4-3-5-13(14)18;/h3-5,11H,2,6-10H2,1H3,(H2,22,23,24);1H. The summed E-state index contributed by atoms with van der Waals surface area (Å²) in [5.74, 6) is -0.995. The smallest absolute Gasteiger partial charge is 0.365 e. The summed E-state index contributed by atoms with van der Waals surface area (Å²) in [6.45, 7) is 2.70. The van der Waals surface area contributed by atoms with Crippen molar-refractivity contribution in [2.45, 2.75) is 32.0 Å². The average Bonchev–Trinajstić information content (AvgIpc) is 2.94. The summed E-state index contributed by atoms with van der Waals surface area (Å²) < 4.78 is 64.4. The molecule has 1 aromatic carbocycles. The lowest BCUT2D eigenvalue weighted by Crippen LogP contribution is -2.44. The summed E-state index contributed by atoms with van der Waals surface area (Å²) in [4.78, 5) is 5.49. The SMILES string of the molecule is CCNC(=NCCC(F)(F)F)NC1CCN(c2c(F)cccc2F)C1.I. The van der Waals surface area contributed by atoms with Crippen molar-refractivity contribution in [2.75, 3.05) is 31.1 Å². The summed E-state index contributed by atoms with van der Waals surface area (Å²) >= 11 is 0. The van der Waals surface area contributed by atoms with Crippen LogP contribution in [0.4, 0.5) is 27.6 Å². The normalized spacial score (nSPS) is 17.8. The van der Waals surface area contributed by atoms with Crippen LogP contribution in [0.25, 0.3) is 0 Å². The molecule has 2 rings (SSSR count). The van der Waals surface area contributed by atoms with E-state index in [-0.39, 0.29) is 48.2 Å². The Bertz CT molecular complexity index is 589. The van der Waals surface area contributed by atoms with Gasteiger partial charge in [-0.3, -0.25) is 4.99 Å². The highest BCUT2D eigenvalue weighted by Crippen LogP contribution is 2.26. The monoisotopic (exact) mass is 492 g/mol. The summed E-state index contributed by atoms with van der Waals surface area (Å²) in [5.41, 5.74) is -0.0780. The molecule has 0 bridgehead atoms. The Morgan fingerprint density at radius 3 is 2.50 bits per heavy atom. The minimum Gasteiger partial charge on any atom is -0.365 e. The molecular weight excluding hydrogens is 470 g/mol. The highest BCUT2D eigenvalue weighted by atomic mass is 127. The van der Waals surface area contributed by atoms with Crippen LogP contribution in [0.15, 0.2) is 23.2 Å². The fourth-order valence-corrected chi connectivity index (χ4v) is 2.68. The highest BCUT2D eigenvalue weighted by Gasteiger charge is 2.28. The number of halogens is 6. The number of hydrogen-bond acceptors (Lipinski definition) is 2. The molecule has 0 aliphatic carbocycles. The Kier molecular flexibility index (Phi) is 8.84. The molecule has 0 amide bonds. The number of rotatable bonds is 5. The van der Waals surface area contributed by atoms with Crippen LogP contribution < -0.4 is 15.5 Å². The second-order valence-electron chi connectivity index (χ2n) is 5.77. The maximum absolute atomic E-state index is 13.8. The van der Waals surface area contributed by atoms with Crippen molar-refractivity contribution >= 4 is 35.6 Å². The Morgan fingerprint density at radius 2 is 1.92 bits per heavy atom. The van der Waals surface area contributed by atoms with Gasteiger partial charge in [0.15, 0.2) is 5.96 Å². The van der Waals surface area contributed by atoms with E-state index in [1.807, 2.05) is 0 Å². The van der Waals surface area contributed by atoms with E-state index in [0.717, 1.165) is 0 Å². The minimum absolute atomic E-state index is 0. The van der Waals surface area contributed by atoms with Crippen LogP contribution in [0.5, 0.6) is 0 Å². The number of nitrogens with one attached hydrogen (secondary N) is 2. The van der Waals surface area contributed by atoms with Crippen molar-refractivity contribution in [3.63, 3.8) is 0 Å². The summed E-state index contributed by atoms with van der Waals surface area (Å²) in [5, 5.41) is 5.90. The predicted octanol–water partition coefficient (Wildman–Crippen LogP) is 3.67. The van der Waals surface area contributed by atoms with E-state index < -0.39 is 24.2 Å². The predicted molar refractivity (Wildman–Crippen MR) is 102 cm³/mol. The molecule has 1 atom stereocenters. The maximum atomic E-state index is 13.8. The number of guanidine groups is 1. The highest BCUT2D eigenvalue weighted by molar-refractivity contribution is 14.0. The zero-order chi connectivity index (χ0) is 18.4. The Balaban J connectivity index is 0.00000338. The first kappa shape index (κ1) is 22.7. The Morgan fingerprint density at radius 1 is 1.27 bits per heavy atom. The van der Waals surface area contributed by atoms with Gasteiger partial charge in [0.25, 0.3) is 0 Å². The molecule has 0 aromatic heterocycles. The lowest BCUT2D eigenvalue weighted by molar-refractivity contribution is -0.132.